The van der Waals surface area contributed by atoms with Crippen LogP contribution in [0.2, 0.25) is 0 Å². The smallest absolute Gasteiger partial charge is 0.304 e. The zero-order valence-electron chi connectivity index (χ0n) is 9.14. The molecule has 1 aromatic rings. The number of hydrogen-bond donors (Lipinski definition) is 1. The first-order valence-corrected chi connectivity index (χ1v) is 5.36. The van der Waals surface area contributed by atoms with Crippen LogP contribution in [0.3, 0.4) is 0 Å². The van der Waals surface area contributed by atoms with E-state index in [9.17, 15) is 14.5 Å². The molecule has 0 bridgehead atoms. The molecule has 1 saturated carbocycles. The van der Waals surface area contributed by atoms with Gasteiger partial charge in [0.2, 0.25) is 5.82 Å². The van der Waals surface area contributed by atoms with Crippen LogP contribution in [0.1, 0.15) is 18.4 Å². The van der Waals surface area contributed by atoms with Gasteiger partial charge in [0.05, 0.1) is 17.6 Å². The summed E-state index contributed by atoms with van der Waals surface area (Å²) in [6.07, 6.45) is 1.76. The summed E-state index contributed by atoms with van der Waals surface area (Å²) in [6, 6.07) is 3.99. The van der Waals surface area contributed by atoms with E-state index in [1.54, 1.807) is 0 Å². The topological polar surface area (TPSA) is 78.4 Å². The highest BCUT2D eigenvalue weighted by Crippen LogP contribution is 2.23. The van der Waals surface area contributed by atoms with E-state index in [0.717, 1.165) is 25.0 Å². The van der Waals surface area contributed by atoms with E-state index in [1.165, 1.54) is 6.07 Å². The molecule has 0 heterocycles. The summed E-state index contributed by atoms with van der Waals surface area (Å²) in [5.74, 6) is -0.832. The number of ether oxygens (including phenoxy) is 1. The van der Waals surface area contributed by atoms with E-state index in [0.29, 0.717) is 5.56 Å². The minimum atomic E-state index is -0.832. The second-order valence-corrected chi connectivity index (χ2v) is 4.21. The third-order valence-corrected chi connectivity index (χ3v) is 2.83. The lowest BCUT2D eigenvalue weighted by Crippen LogP contribution is -2.41. The van der Waals surface area contributed by atoms with Gasteiger partial charge in [-0.1, -0.05) is 0 Å². The van der Waals surface area contributed by atoms with Gasteiger partial charge in [0.25, 0.3) is 0 Å². The maximum atomic E-state index is 13.3. The average molecular weight is 240 g/mol. The Morgan fingerprint density at radius 2 is 2.24 bits per heavy atom. The first-order valence-electron chi connectivity index (χ1n) is 5.36. The fourth-order valence-corrected chi connectivity index (χ4v) is 1.74. The summed E-state index contributed by atoms with van der Waals surface area (Å²) in [5.41, 5.74) is 5.68. The summed E-state index contributed by atoms with van der Waals surface area (Å²) in [4.78, 5) is 9.67. The Hall–Kier alpha value is -1.53. The zero-order chi connectivity index (χ0) is 12.4. The first-order chi connectivity index (χ1) is 8.06. The van der Waals surface area contributed by atoms with Gasteiger partial charge < -0.3 is 10.5 Å². The van der Waals surface area contributed by atoms with Gasteiger partial charge in [0.15, 0.2) is 0 Å². The summed E-state index contributed by atoms with van der Waals surface area (Å²) in [6.45, 7) is 0.256. The number of halogens is 1. The van der Waals surface area contributed by atoms with Crippen molar-refractivity contribution < 1.29 is 14.1 Å². The number of hydrogen-bond acceptors (Lipinski definition) is 4. The van der Waals surface area contributed by atoms with Gasteiger partial charge in [-0.2, -0.15) is 4.39 Å². The number of nitro groups is 1. The molecule has 1 fully saturated rings. The molecule has 1 aromatic carbocycles. The Balaban J connectivity index is 1.93. The number of benzene rings is 1. The van der Waals surface area contributed by atoms with Crippen LogP contribution in [0.15, 0.2) is 18.2 Å². The molecule has 92 valence electrons. The van der Waals surface area contributed by atoms with Crippen molar-refractivity contribution in [1.29, 1.82) is 0 Å². The Kier molecular flexibility index (Phi) is 3.35. The molecule has 2 rings (SSSR count). The summed E-state index contributed by atoms with van der Waals surface area (Å²) < 4.78 is 18.7. The molecule has 0 aliphatic heterocycles. The number of nitro benzene ring substituents is 1. The normalized spacial score (nSPS) is 23.2. The number of rotatable bonds is 4. The molecule has 0 spiro atoms. The van der Waals surface area contributed by atoms with E-state index >= 15 is 0 Å². The van der Waals surface area contributed by atoms with Crippen molar-refractivity contribution in [3.8, 4) is 0 Å². The lowest BCUT2D eigenvalue weighted by atomic mass is 9.90. The summed E-state index contributed by atoms with van der Waals surface area (Å²) in [5, 5.41) is 10.4. The van der Waals surface area contributed by atoms with Crippen LogP contribution in [0.25, 0.3) is 0 Å². The Morgan fingerprint density at radius 1 is 1.53 bits per heavy atom. The minimum Gasteiger partial charge on any atom is -0.373 e. The Bertz CT molecular complexity index is 433. The van der Waals surface area contributed by atoms with E-state index in [2.05, 4.69) is 0 Å². The van der Waals surface area contributed by atoms with Crippen LogP contribution in [0.5, 0.6) is 0 Å². The molecule has 6 heteroatoms. The molecule has 0 saturated heterocycles. The van der Waals surface area contributed by atoms with Crippen LogP contribution in [0, 0.1) is 15.9 Å². The van der Waals surface area contributed by atoms with Gasteiger partial charge in [-0.15, -0.1) is 0 Å². The van der Waals surface area contributed by atoms with Crippen LogP contribution < -0.4 is 5.73 Å². The van der Waals surface area contributed by atoms with Gasteiger partial charge in [0.1, 0.15) is 0 Å². The minimum absolute atomic E-state index is 0.128. The quantitative estimate of drug-likeness (QED) is 0.642. The van der Waals surface area contributed by atoms with Crippen molar-refractivity contribution in [2.45, 2.75) is 31.6 Å². The summed E-state index contributed by atoms with van der Waals surface area (Å²) in [7, 11) is 0. The fraction of sp³-hybridized carbons (Fsp3) is 0.455. The molecule has 2 N–H and O–H groups in total. The molecule has 0 radical (unpaired) electrons. The summed E-state index contributed by atoms with van der Waals surface area (Å²) >= 11 is 0. The molecule has 1 aliphatic carbocycles. The highest BCUT2D eigenvalue weighted by atomic mass is 19.1. The predicted octanol–water partition coefficient (Wildman–Crippen LogP) is 1.74. The molecule has 0 unspecified atom stereocenters. The van der Waals surface area contributed by atoms with E-state index in [-0.39, 0.29) is 18.8 Å². The van der Waals surface area contributed by atoms with Crippen LogP contribution in [-0.2, 0) is 11.3 Å². The van der Waals surface area contributed by atoms with Crippen molar-refractivity contribution in [2.24, 2.45) is 5.73 Å². The van der Waals surface area contributed by atoms with E-state index in [4.69, 9.17) is 10.5 Å². The molecule has 0 aromatic heterocycles. The fourth-order valence-electron chi connectivity index (χ4n) is 1.74. The SMILES string of the molecule is NC1CC(OCc2ccc([N+](=O)[O-])c(F)c2)C1. The highest BCUT2D eigenvalue weighted by molar-refractivity contribution is 5.34. The molecular formula is C11H13FN2O3. The average Bonchev–Trinajstić information content (AvgIpc) is 2.22. The molecule has 1 aliphatic rings. The Morgan fingerprint density at radius 3 is 2.76 bits per heavy atom. The molecule has 0 amide bonds. The standard InChI is InChI=1S/C11H13FN2O3/c12-10-3-7(1-2-11(10)14(15)16)6-17-9-4-8(13)5-9/h1-3,8-9H,4-6,13H2. The van der Waals surface area contributed by atoms with Crippen LogP contribution >= 0.6 is 0 Å². The van der Waals surface area contributed by atoms with Gasteiger partial charge in [0, 0.05) is 12.1 Å². The molecule has 5 nitrogen and oxygen atoms in total. The van der Waals surface area contributed by atoms with Crippen molar-refractivity contribution in [3.63, 3.8) is 0 Å². The molecular weight excluding hydrogens is 227 g/mol. The van der Waals surface area contributed by atoms with Crippen molar-refractivity contribution in [3.05, 3.63) is 39.7 Å². The lowest BCUT2D eigenvalue weighted by molar-refractivity contribution is -0.387. The third-order valence-electron chi connectivity index (χ3n) is 2.83. The Labute approximate surface area is 97.5 Å². The first kappa shape index (κ1) is 11.9. The lowest BCUT2D eigenvalue weighted by Gasteiger charge is -2.32. The zero-order valence-corrected chi connectivity index (χ0v) is 9.14. The van der Waals surface area contributed by atoms with Gasteiger partial charge >= 0.3 is 5.69 Å². The van der Waals surface area contributed by atoms with E-state index < -0.39 is 16.4 Å². The van der Waals surface area contributed by atoms with E-state index in [1.807, 2.05) is 0 Å². The van der Waals surface area contributed by atoms with Gasteiger partial charge in [-0.3, -0.25) is 10.1 Å². The second-order valence-electron chi connectivity index (χ2n) is 4.21. The van der Waals surface area contributed by atoms with Crippen molar-refractivity contribution in [1.82, 2.24) is 0 Å². The van der Waals surface area contributed by atoms with Gasteiger partial charge in [-0.05, 0) is 30.5 Å². The maximum absolute atomic E-state index is 13.3. The monoisotopic (exact) mass is 240 g/mol. The van der Waals surface area contributed by atoms with Crippen molar-refractivity contribution >= 4 is 5.69 Å². The largest absolute Gasteiger partial charge is 0.373 e. The highest BCUT2D eigenvalue weighted by Gasteiger charge is 2.26. The molecule has 17 heavy (non-hydrogen) atoms. The second kappa shape index (κ2) is 4.77. The van der Waals surface area contributed by atoms with Crippen molar-refractivity contribution in [2.75, 3.05) is 0 Å². The number of nitrogens with two attached hydrogens (primary N) is 1. The van der Waals surface area contributed by atoms with Crippen LogP contribution in [-0.4, -0.2) is 17.1 Å². The van der Waals surface area contributed by atoms with Crippen LogP contribution in [0.4, 0.5) is 10.1 Å². The van der Waals surface area contributed by atoms with Gasteiger partial charge in [-0.25, -0.2) is 0 Å². The predicted molar refractivity (Wildman–Crippen MR) is 58.8 cm³/mol. The molecule has 0 atom stereocenters. The maximum Gasteiger partial charge on any atom is 0.304 e. The third kappa shape index (κ3) is 2.78. The number of nitrogens with zero attached hydrogens (tertiary/aromatic N) is 1.